The minimum absolute atomic E-state index is 0.172. The molecule has 0 aliphatic carbocycles. The highest BCUT2D eigenvalue weighted by molar-refractivity contribution is 8.00. The first-order valence-corrected chi connectivity index (χ1v) is 20.7. The summed E-state index contributed by atoms with van der Waals surface area (Å²) in [6, 6.07) is 16.9. The minimum Gasteiger partial charge on any atom is -0.457 e. The van der Waals surface area contributed by atoms with Crippen molar-refractivity contribution in [2.45, 2.75) is 114 Å². The van der Waals surface area contributed by atoms with Crippen molar-refractivity contribution in [3.05, 3.63) is 71.8 Å². The number of esters is 2. The molecule has 0 radical (unpaired) electrons. The Labute approximate surface area is 329 Å². The molecule has 55 heavy (non-hydrogen) atoms. The van der Waals surface area contributed by atoms with E-state index in [9.17, 15) is 19.2 Å². The summed E-state index contributed by atoms with van der Waals surface area (Å²) in [6.07, 6.45) is -6.20. The number of ether oxygens (including phenoxy) is 8. The Kier molecular flexibility index (Phi) is 13.8. The van der Waals surface area contributed by atoms with Crippen LogP contribution in [-0.4, -0.2) is 108 Å². The zero-order valence-electron chi connectivity index (χ0n) is 31.7. The molecule has 0 spiro atoms. The van der Waals surface area contributed by atoms with E-state index in [0.717, 1.165) is 11.1 Å². The molecule has 0 bridgehead atoms. The van der Waals surface area contributed by atoms with Gasteiger partial charge in [0.05, 0.1) is 13.2 Å². The van der Waals surface area contributed by atoms with Gasteiger partial charge >= 0.3 is 11.9 Å². The third kappa shape index (κ3) is 9.50. The lowest BCUT2D eigenvalue weighted by molar-refractivity contribution is -0.308. The van der Waals surface area contributed by atoms with Gasteiger partial charge in [0.15, 0.2) is 24.8 Å². The normalized spacial score (nSPS) is 33.3. The second-order valence-electron chi connectivity index (χ2n) is 14.1. The Hall–Kier alpha value is -3.22. The van der Waals surface area contributed by atoms with Crippen LogP contribution in [0.5, 0.6) is 0 Å². The van der Waals surface area contributed by atoms with E-state index in [1.54, 1.807) is 0 Å². The van der Waals surface area contributed by atoms with E-state index in [-0.39, 0.29) is 13.2 Å². The molecule has 4 aliphatic heterocycles. The van der Waals surface area contributed by atoms with E-state index < -0.39 is 101 Å². The average Bonchev–Trinajstić information content (AvgIpc) is 3.17. The van der Waals surface area contributed by atoms with Gasteiger partial charge < -0.3 is 48.5 Å². The highest BCUT2D eigenvalue weighted by Gasteiger charge is 2.55. The highest BCUT2D eigenvalue weighted by Crippen LogP contribution is 2.40. The van der Waals surface area contributed by atoms with Crippen LogP contribution in [-0.2, 0) is 57.1 Å². The van der Waals surface area contributed by atoms with Gasteiger partial charge in [-0.2, -0.15) is 0 Å². The number of nitrogens with one attached hydrogen (secondary N) is 2. The van der Waals surface area contributed by atoms with Crippen molar-refractivity contribution in [3.63, 3.8) is 0 Å². The molecule has 2 amide bonds. The van der Waals surface area contributed by atoms with Crippen molar-refractivity contribution < 1.29 is 57.1 Å². The molecule has 4 saturated heterocycles. The number of carbonyl (C=O) groups is 4. The Morgan fingerprint density at radius 3 is 1.38 bits per heavy atom. The van der Waals surface area contributed by atoms with E-state index in [1.807, 2.05) is 74.5 Å². The summed E-state index contributed by atoms with van der Waals surface area (Å²) in [6.45, 7) is 9.81. The first-order valence-electron chi connectivity index (χ1n) is 18.6. The number of fused-ring (bicyclic) bond motifs is 2. The Bertz CT molecular complexity index is 1520. The first-order chi connectivity index (χ1) is 26.4. The summed E-state index contributed by atoms with van der Waals surface area (Å²) in [5.41, 5.74) is -1.46. The van der Waals surface area contributed by atoms with Gasteiger partial charge in [-0.1, -0.05) is 74.5 Å². The number of thioether (sulfide) groups is 2. The molecular weight excluding hydrogens is 753 g/mol. The van der Waals surface area contributed by atoms with Crippen LogP contribution in [0.1, 0.15) is 65.2 Å². The zero-order chi connectivity index (χ0) is 39.3. The van der Waals surface area contributed by atoms with E-state index in [0.29, 0.717) is 11.5 Å². The Balaban J connectivity index is 1.23. The predicted molar refractivity (Wildman–Crippen MR) is 202 cm³/mol. The molecule has 2 N–H and O–H groups in total. The molecule has 4 aliphatic rings. The molecule has 0 aromatic heterocycles. The number of benzene rings is 2. The summed E-state index contributed by atoms with van der Waals surface area (Å²) >= 11 is 2.84. The van der Waals surface area contributed by atoms with Crippen molar-refractivity contribution in [2.75, 3.05) is 24.7 Å². The lowest BCUT2D eigenvalue weighted by Gasteiger charge is -2.50. The fourth-order valence-corrected chi connectivity index (χ4v) is 9.01. The van der Waals surface area contributed by atoms with E-state index >= 15 is 0 Å². The second-order valence-corrected chi connectivity index (χ2v) is 16.9. The van der Waals surface area contributed by atoms with Crippen molar-refractivity contribution in [2.24, 2.45) is 5.41 Å². The fraction of sp³-hybridized carbons (Fsp3) is 0.590. The van der Waals surface area contributed by atoms with E-state index in [1.165, 1.54) is 51.2 Å². The summed E-state index contributed by atoms with van der Waals surface area (Å²) < 4.78 is 49.4. The molecule has 12 atom stereocenters. The third-order valence-corrected chi connectivity index (χ3v) is 12.0. The SMILES string of the molecule is CCS[C@@H]1O[C@@H]2CO[C@@H](c3ccccc3)O[C@H]2[C@H](OC(C)=O)[C@H]1NC(=O)C(C)(C)C(=O)N[C@@H]1[C@@H](OC(C)=O)[C@@H]2O[C@H](c3ccccc3)OC[C@H]2O[C@H]1SCC. The molecular formula is C39H50N2O12S2. The van der Waals surface area contributed by atoms with E-state index in [4.69, 9.17) is 37.9 Å². The molecule has 2 aromatic carbocycles. The van der Waals surface area contributed by atoms with Gasteiger partial charge in [0.2, 0.25) is 11.8 Å². The van der Waals surface area contributed by atoms with Crippen LogP contribution in [0.25, 0.3) is 0 Å². The van der Waals surface area contributed by atoms with Crippen LogP contribution in [0.2, 0.25) is 0 Å². The maximum atomic E-state index is 14.3. The van der Waals surface area contributed by atoms with Gasteiger partial charge in [-0.25, -0.2) is 0 Å². The number of carbonyl (C=O) groups excluding carboxylic acids is 4. The van der Waals surface area contributed by atoms with Crippen LogP contribution in [0.15, 0.2) is 60.7 Å². The Morgan fingerprint density at radius 1 is 0.655 bits per heavy atom. The van der Waals surface area contributed by atoms with Crippen molar-refractivity contribution in [1.29, 1.82) is 0 Å². The van der Waals surface area contributed by atoms with Crippen molar-refractivity contribution >= 4 is 47.3 Å². The predicted octanol–water partition coefficient (Wildman–Crippen LogP) is 4.03. The summed E-state index contributed by atoms with van der Waals surface area (Å²) in [7, 11) is 0. The second kappa shape index (κ2) is 18.4. The maximum Gasteiger partial charge on any atom is 0.303 e. The fourth-order valence-electron chi connectivity index (χ4n) is 7.05. The molecule has 4 fully saturated rings. The van der Waals surface area contributed by atoms with Crippen molar-refractivity contribution in [1.82, 2.24) is 10.6 Å². The van der Waals surface area contributed by atoms with Crippen LogP contribution < -0.4 is 10.6 Å². The number of rotatable bonds is 12. The largest absolute Gasteiger partial charge is 0.457 e. The molecule has 2 aromatic rings. The van der Waals surface area contributed by atoms with Gasteiger partial charge in [0.1, 0.15) is 52.8 Å². The standard InChI is InChI=1S/C39H50N2O12S2/c1-7-54-35-27(31(48-21(3)42)29-25(50-35)19-46-33(52-29)23-15-11-9-12-16-23)40-37(44)39(5,6)38(45)41-28-32(49-22(4)43)30-26(51-36(28)55-8-2)20-47-34(53-30)24-17-13-10-14-18-24/h9-18,25-36H,7-8,19-20H2,1-6H3,(H,40,44)(H,41,45)/t25-,26-,27-,28-,29-,30-,31-,32-,33-,34-,35+,36+/m1/s1. The maximum absolute atomic E-state index is 14.3. The monoisotopic (exact) mass is 802 g/mol. The number of hydrogen-bond acceptors (Lipinski definition) is 14. The average molecular weight is 803 g/mol. The third-order valence-electron chi connectivity index (χ3n) is 9.82. The topological polar surface area (TPSA) is 166 Å². The quantitative estimate of drug-likeness (QED) is 0.233. The van der Waals surface area contributed by atoms with Crippen LogP contribution in [0.4, 0.5) is 0 Å². The number of amides is 2. The molecule has 16 heteroatoms. The van der Waals surface area contributed by atoms with E-state index in [2.05, 4.69) is 10.6 Å². The molecule has 0 saturated carbocycles. The zero-order valence-corrected chi connectivity index (χ0v) is 33.4. The summed E-state index contributed by atoms with van der Waals surface area (Å²) in [4.78, 5) is 53.8. The van der Waals surface area contributed by atoms with Crippen LogP contribution in [0, 0.1) is 5.41 Å². The van der Waals surface area contributed by atoms with Gasteiger partial charge in [0.25, 0.3) is 0 Å². The molecule has 4 heterocycles. The minimum atomic E-state index is -1.69. The molecule has 14 nitrogen and oxygen atoms in total. The van der Waals surface area contributed by atoms with Gasteiger partial charge in [-0.05, 0) is 25.4 Å². The van der Waals surface area contributed by atoms with Gasteiger partial charge in [0, 0.05) is 25.0 Å². The lowest BCUT2D eigenvalue weighted by atomic mass is 9.88. The highest BCUT2D eigenvalue weighted by atomic mass is 32.2. The van der Waals surface area contributed by atoms with Crippen LogP contribution >= 0.6 is 23.5 Å². The Morgan fingerprint density at radius 2 is 1.04 bits per heavy atom. The molecule has 6 rings (SSSR count). The summed E-state index contributed by atoms with van der Waals surface area (Å²) in [5.74, 6) is -1.18. The molecule has 0 unspecified atom stereocenters. The lowest BCUT2D eigenvalue weighted by Crippen LogP contribution is -2.69. The number of hydrogen-bond donors (Lipinski definition) is 2. The molecule has 300 valence electrons. The summed E-state index contributed by atoms with van der Waals surface area (Å²) in [5, 5.41) is 6.00. The first kappa shape index (κ1) is 41.4. The van der Waals surface area contributed by atoms with Gasteiger partial charge in [-0.15, -0.1) is 23.5 Å². The van der Waals surface area contributed by atoms with Crippen molar-refractivity contribution in [3.8, 4) is 0 Å². The van der Waals surface area contributed by atoms with Crippen LogP contribution in [0.3, 0.4) is 0 Å². The van der Waals surface area contributed by atoms with Gasteiger partial charge in [-0.3, -0.25) is 19.2 Å². The smallest absolute Gasteiger partial charge is 0.303 e.